The number of carbonyl (C=O) groups is 1. The van der Waals surface area contributed by atoms with Crippen LogP contribution in [0.4, 0.5) is 11.4 Å². The zero-order valence-electron chi connectivity index (χ0n) is 18.9. The maximum Gasteiger partial charge on any atom is 0.265 e. The number of amides is 1. The molecular formula is C25H28N2O4S2. The molecule has 8 heteroatoms. The molecule has 1 N–H and O–H groups in total. The predicted octanol–water partition coefficient (Wildman–Crippen LogP) is 5.17. The van der Waals surface area contributed by atoms with Crippen molar-refractivity contribution in [2.75, 3.05) is 22.9 Å². The van der Waals surface area contributed by atoms with Gasteiger partial charge in [0.2, 0.25) is 10.0 Å². The smallest absolute Gasteiger partial charge is 0.265 e. The summed E-state index contributed by atoms with van der Waals surface area (Å²) in [5, 5.41) is 2.91. The molecule has 33 heavy (non-hydrogen) atoms. The number of carbonyl (C=O) groups excluding carboxylic acids is 1. The van der Waals surface area contributed by atoms with E-state index < -0.39 is 16.1 Å². The highest BCUT2D eigenvalue weighted by Crippen LogP contribution is 2.24. The molecule has 0 spiro atoms. The largest absolute Gasteiger partial charge is 0.481 e. The van der Waals surface area contributed by atoms with Crippen molar-refractivity contribution < 1.29 is 17.9 Å². The third-order valence-electron chi connectivity index (χ3n) is 5.01. The van der Waals surface area contributed by atoms with E-state index in [-0.39, 0.29) is 5.91 Å². The van der Waals surface area contributed by atoms with Crippen LogP contribution in [0, 0.1) is 0 Å². The molecule has 0 aliphatic carbocycles. The van der Waals surface area contributed by atoms with Crippen molar-refractivity contribution in [2.45, 2.75) is 30.1 Å². The summed E-state index contributed by atoms with van der Waals surface area (Å²) in [6.45, 7) is 1.87. The van der Waals surface area contributed by atoms with Crippen LogP contribution in [0.15, 0.2) is 83.8 Å². The monoisotopic (exact) mass is 484 g/mol. The molecule has 0 saturated carbocycles. The minimum absolute atomic E-state index is 0.235. The quantitative estimate of drug-likeness (QED) is 0.402. The third-order valence-corrected chi connectivity index (χ3v) is 7.30. The Morgan fingerprint density at radius 3 is 2.21 bits per heavy atom. The van der Waals surface area contributed by atoms with Gasteiger partial charge in [0.15, 0.2) is 6.10 Å². The summed E-state index contributed by atoms with van der Waals surface area (Å²) in [4.78, 5) is 13.9. The molecule has 0 unspecified atom stereocenters. The summed E-state index contributed by atoms with van der Waals surface area (Å²) in [5.74, 6) is 1.11. The van der Waals surface area contributed by atoms with Gasteiger partial charge in [0, 0.05) is 23.4 Å². The minimum Gasteiger partial charge on any atom is -0.481 e. The Kier molecular flexibility index (Phi) is 8.41. The lowest BCUT2D eigenvalue weighted by molar-refractivity contribution is -0.122. The van der Waals surface area contributed by atoms with Gasteiger partial charge in [-0.25, -0.2) is 8.42 Å². The molecule has 0 aliphatic heterocycles. The number of hydrogen-bond acceptors (Lipinski definition) is 5. The highest BCUT2D eigenvalue weighted by molar-refractivity contribution is 7.98. The third kappa shape index (κ3) is 7.27. The fourth-order valence-corrected chi connectivity index (χ4v) is 4.38. The summed E-state index contributed by atoms with van der Waals surface area (Å²) >= 11 is 1.76. The zero-order valence-corrected chi connectivity index (χ0v) is 20.5. The van der Waals surface area contributed by atoms with Crippen LogP contribution < -0.4 is 14.4 Å². The number of anilines is 2. The average Bonchev–Trinajstić information content (AvgIpc) is 2.82. The predicted molar refractivity (Wildman–Crippen MR) is 135 cm³/mol. The first-order valence-corrected chi connectivity index (χ1v) is 13.4. The van der Waals surface area contributed by atoms with Crippen LogP contribution in [0.1, 0.15) is 18.9 Å². The molecule has 3 aromatic rings. The fraction of sp³-hybridized carbons (Fsp3) is 0.240. The molecule has 1 amide bonds. The van der Waals surface area contributed by atoms with E-state index in [1.54, 1.807) is 36.0 Å². The van der Waals surface area contributed by atoms with Gasteiger partial charge in [-0.2, -0.15) is 0 Å². The van der Waals surface area contributed by atoms with Gasteiger partial charge in [0.25, 0.3) is 5.91 Å². The summed E-state index contributed by atoms with van der Waals surface area (Å²) in [6, 6.07) is 24.6. The second-order valence-corrected chi connectivity index (χ2v) is 10.6. The number of thioether (sulfide) groups is 1. The van der Waals surface area contributed by atoms with Gasteiger partial charge in [-0.15, -0.1) is 11.8 Å². The van der Waals surface area contributed by atoms with E-state index in [4.69, 9.17) is 4.74 Å². The maximum atomic E-state index is 12.7. The number of sulfonamides is 1. The molecule has 3 aromatic carbocycles. The molecule has 3 rings (SSSR count). The van der Waals surface area contributed by atoms with Crippen LogP contribution in [-0.4, -0.2) is 33.7 Å². The number of rotatable bonds is 10. The van der Waals surface area contributed by atoms with Crippen molar-refractivity contribution in [3.8, 4) is 5.75 Å². The molecule has 1 atom stereocenters. The minimum atomic E-state index is -3.34. The number of nitrogens with zero attached hydrogens (tertiary/aromatic N) is 1. The maximum absolute atomic E-state index is 12.7. The zero-order chi connectivity index (χ0) is 23.8. The molecule has 0 heterocycles. The van der Waals surface area contributed by atoms with Gasteiger partial charge in [-0.05, 0) is 60.5 Å². The van der Waals surface area contributed by atoms with Gasteiger partial charge in [0.1, 0.15) is 5.75 Å². The van der Waals surface area contributed by atoms with Gasteiger partial charge < -0.3 is 10.1 Å². The first-order valence-electron chi connectivity index (χ1n) is 10.5. The Labute approximate surface area is 200 Å². The average molecular weight is 485 g/mol. The highest BCUT2D eigenvalue weighted by atomic mass is 32.2. The van der Waals surface area contributed by atoms with Crippen LogP contribution in [0.25, 0.3) is 0 Å². The van der Waals surface area contributed by atoms with E-state index in [9.17, 15) is 13.2 Å². The summed E-state index contributed by atoms with van der Waals surface area (Å²) < 4.78 is 30.4. The fourth-order valence-electron chi connectivity index (χ4n) is 3.00. The number of ether oxygens (including phenoxy) is 1. The Morgan fingerprint density at radius 2 is 1.64 bits per heavy atom. The Morgan fingerprint density at radius 1 is 1.00 bits per heavy atom. The molecule has 0 bridgehead atoms. The van der Waals surface area contributed by atoms with Gasteiger partial charge in [-0.1, -0.05) is 37.3 Å². The Balaban J connectivity index is 1.56. The summed E-state index contributed by atoms with van der Waals surface area (Å²) in [7, 11) is -1.85. The molecule has 0 aliphatic rings. The van der Waals surface area contributed by atoms with Crippen molar-refractivity contribution in [1.29, 1.82) is 0 Å². The SMILES string of the molecule is CC[C@H](Oc1ccc(N(C)S(C)(=O)=O)cc1)C(=O)Nc1ccc(CSc2ccccc2)cc1. The van der Waals surface area contributed by atoms with Crippen LogP contribution in [-0.2, 0) is 20.6 Å². The Bertz CT molecular complexity index is 1150. The summed E-state index contributed by atoms with van der Waals surface area (Å²) in [6.07, 6.45) is 0.961. The van der Waals surface area contributed by atoms with Crippen molar-refractivity contribution in [1.82, 2.24) is 0 Å². The Hall–Kier alpha value is -2.97. The van der Waals surface area contributed by atoms with Crippen LogP contribution in [0.5, 0.6) is 5.75 Å². The van der Waals surface area contributed by atoms with E-state index in [1.807, 2.05) is 49.4 Å². The van der Waals surface area contributed by atoms with E-state index in [2.05, 4.69) is 17.4 Å². The van der Waals surface area contributed by atoms with Gasteiger partial charge in [0.05, 0.1) is 11.9 Å². The number of nitrogens with one attached hydrogen (secondary N) is 1. The molecule has 174 valence electrons. The lowest BCUT2D eigenvalue weighted by Crippen LogP contribution is -2.32. The van der Waals surface area contributed by atoms with Crippen molar-refractivity contribution >= 4 is 39.1 Å². The van der Waals surface area contributed by atoms with Crippen LogP contribution in [0.3, 0.4) is 0 Å². The van der Waals surface area contributed by atoms with Gasteiger partial charge >= 0.3 is 0 Å². The molecular weight excluding hydrogens is 456 g/mol. The van der Waals surface area contributed by atoms with E-state index in [0.717, 1.165) is 12.0 Å². The first-order chi connectivity index (χ1) is 15.8. The molecule has 0 saturated heterocycles. The van der Waals surface area contributed by atoms with Crippen LogP contribution >= 0.6 is 11.8 Å². The highest BCUT2D eigenvalue weighted by Gasteiger charge is 2.19. The van der Waals surface area contributed by atoms with Crippen LogP contribution in [0.2, 0.25) is 0 Å². The molecule has 6 nitrogen and oxygen atoms in total. The van der Waals surface area contributed by atoms with E-state index in [1.165, 1.54) is 21.8 Å². The lowest BCUT2D eigenvalue weighted by atomic mass is 10.2. The topological polar surface area (TPSA) is 75.7 Å². The number of benzene rings is 3. The van der Waals surface area contributed by atoms with Crippen molar-refractivity contribution in [3.05, 3.63) is 84.4 Å². The van der Waals surface area contributed by atoms with E-state index in [0.29, 0.717) is 23.5 Å². The first kappa shape index (κ1) is 24.7. The molecule has 0 fully saturated rings. The molecule has 0 radical (unpaired) electrons. The number of hydrogen-bond donors (Lipinski definition) is 1. The normalized spacial score (nSPS) is 12.1. The lowest BCUT2D eigenvalue weighted by Gasteiger charge is -2.19. The van der Waals surface area contributed by atoms with Crippen molar-refractivity contribution in [2.24, 2.45) is 0 Å². The van der Waals surface area contributed by atoms with Crippen molar-refractivity contribution in [3.63, 3.8) is 0 Å². The standard InChI is InChI=1S/C25H28N2O4S2/c1-4-24(31-22-16-14-21(15-17-22)27(2)33(3,29)30)25(28)26-20-12-10-19(11-13-20)18-32-23-8-6-5-7-9-23/h5-17,24H,4,18H2,1-3H3,(H,26,28)/t24-/m0/s1. The molecule has 0 aromatic heterocycles. The second kappa shape index (κ2) is 11.2. The van der Waals surface area contributed by atoms with Gasteiger partial charge in [-0.3, -0.25) is 9.10 Å². The van der Waals surface area contributed by atoms with E-state index >= 15 is 0 Å². The summed E-state index contributed by atoms with van der Waals surface area (Å²) in [5.41, 5.74) is 2.40. The second-order valence-electron chi connectivity index (χ2n) is 7.53.